The zero-order valence-electron chi connectivity index (χ0n) is 10.6. The number of aliphatic hydroxyl groups is 1. The van der Waals surface area contributed by atoms with Crippen LogP contribution >= 0.6 is 0 Å². The van der Waals surface area contributed by atoms with E-state index in [-0.39, 0.29) is 18.0 Å². The number of nitrogen functional groups attached to an aromatic ring is 1. The van der Waals surface area contributed by atoms with Crippen molar-refractivity contribution in [3.63, 3.8) is 0 Å². The highest BCUT2D eigenvalue weighted by molar-refractivity contribution is 5.42. The SMILES string of the molecule is COc1cc(NCC2CCCCC2O)nc(N)n1. The van der Waals surface area contributed by atoms with Gasteiger partial charge < -0.3 is 20.9 Å². The molecule has 2 unspecified atom stereocenters. The highest BCUT2D eigenvalue weighted by Crippen LogP contribution is 2.25. The molecule has 1 aliphatic rings. The first kappa shape index (κ1) is 12.9. The normalized spacial score (nSPS) is 23.7. The second-order valence-electron chi connectivity index (χ2n) is 4.65. The molecule has 0 spiro atoms. The fourth-order valence-electron chi connectivity index (χ4n) is 2.30. The van der Waals surface area contributed by atoms with Crippen LogP contribution in [0.4, 0.5) is 11.8 Å². The van der Waals surface area contributed by atoms with E-state index in [1.165, 1.54) is 13.5 Å². The number of aliphatic hydroxyl groups excluding tert-OH is 1. The summed E-state index contributed by atoms with van der Waals surface area (Å²) in [5, 5.41) is 13.1. The molecule has 0 aliphatic heterocycles. The molecule has 0 amide bonds. The third-order valence-corrected chi connectivity index (χ3v) is 3.34. The van der Waals surface area contributed by atoms with Gasteiger partial charge in [0, 0.05) is 18.5 Å². The van der Waals surface area contributed by atoms with Crippen molar-refractivity contribution in [1.82, 2.24) is 9.97 Å². The lowest BCUT2D eigenvalue weighted by molar-refractivity contribution is 0.0763. The van der Waals surface area contributed by atoms with Gasteiger partial charge in [0.25, 0.3) is 0 Å². The van der Waals surface area contributed by atoms with Crippen molar-refractivity contribution in [2.45, 2.75) is 31.8 Å². The van der Waals surface area contributed by atoms with E-state index in [2.05, 4.69) is 15.3 Å². The van der Waals surface area contributed by atoms with E-state index >= 15 is 0 Å². The number of anilines is 2. The Labute approximate surface area is 107 Å². The van der Waals surface area contributed by atoms with Crippen molar-refractivity contribution in [3.8, 4) is 5.88 Å². The zero-order chi connectivity index (χ0) is 13.0. The molecule has 0 radical (unpaired) electrons. The van der Waals surface area contributed by atoms with E-state index in [1.807, 2.05) is 0 Å². The van der Waals surface area contributed by atoms with Crippen molar-refractivity contribution in [2.24, 2.45) is 5.92 Å². The molecule has 6 nitrogen and oxygen atoms in total. The average molecular weight is 252 g/mol. The third-order valence-electron chi connectivity index (χ3n) is 3.34. The maximum atomic E-state index is 9.88. The monoisotopic (exact) mass is 252 g/mol. The predicted molar refractivity (Wildman–Crippen MR) is 69.5 cm³/mol. The van der Waals surface area contributed by atoms with Gasteiger partial charge in [-0.2, -0.15) is 9.97 Å². The maximum Gasteiger partial charge on any atom is 0.225 e. The van der Waals surface area contributed by atoms with Gasteiger partial charge in [-0.25, -0.2) is 0 Å². The molecule has 6 heteroatoms. The Hall–Kier alpha value is -1.56. The van der Waals surface area contributed by atoms with Gasteiger partial charge in [0.05, 0.1) is 13.2 Å². The van der Waals surface area contributed by atoms with Crippen molar-refractivity contribution >= 4 is 11.8 Å². The van der Waals surface area contributed by atoms with Crippen LogP contribution in [0.3, 0.4) is 0 Å². The topological polar surface area (TPSA) is 93.3 Å². The van der Waals surface area contributed by atoms with Gasteiger partial charge in [0.15, 0.2) is 0 Å². The van der Waals surface area contributed by atoms with Crippen LogP contribution in [0, 0.1) is 5.92 Å². The zero-order valence-corrected chi connectivity index (χ0v) is 10.6. The molecular formula is C12H20N4O2. The Bertz CT molecular complexity index is 400. The fourth-order valence-corrected chi connectivity index (χ4v) is 2.30. The van der Waals surface area contributed by atoms with Crippen LogP contribution < -0.4 is 15.8 Å². The molecule has 4 N–H and O–H groups in total. The summed E-state index contributed by atoms with van der Waals surface area (Å²) in [7, 11) is 1.54. The minimum Gasteiger partial charge on any atom is -0.481 e. The van der Waals surface area contributed by atoms with Crippen molar-refractivity contribution in [2.75, 3.05) is 24.7 Å². The van der Waals surface area contributed by atoms with E-state index in [9.17, 15) is 5.11 Å². The van der Waals surface area contributed by atoms with Crippen LogP contribution in [0.5, 0.6) is 5.88 Å². The Morgan fingerprint density at radius 3 is 2.94 bits per heavy atom. The highest BCUT2D eigenvalue weighted by Gasteiger charge is 2.22. The molecule has 1 aliphatic carbocycles. The van der Waals surface area contributed by atoms with E-state index in [0.29, 0.717) is 18.2 Å². The number of hydrogen-bond donors (Lipinski definition) is 3. The van der Waals surface area contributed by atoms with Gasteiger partial charge in [0.2, 0.25) is 11.8 Å². The second-order valence-corrected chi connectivity index (χ2v) is 4.65. The first-order valence-corrected chi connectivity index (χ1v) is 6.29. The Balaban J connectivity index is 1.94. The summed E-state index contributed by atoms with van der Waals surface area (Å²) in [6.45, 7) is 0.695. The first-order valence-electron chi connectivity index (χ1n) is 6.29. The molecule has 100 valence electrons. The molecule has 2 atom stereocenters. The largest absolute Gasteiger partial charge is 0.481 e. The average Bonchev–Trinajstić information content (AvgIpc) is 2.37. The van der Waals surface area contributed by atoms with Crippen LogP contribution in [0.15, 0.2) is 6.07 Å². The minimum atomic E-state index is -0.215. The molecule has 0 aromatic carbocycles. The number of rotatable bonds is 4. The first-order chi connectivity index (χ1) is 8.69. The maximum absolute atomic E-state index is 9.88. The molecule has 0 bridgehead atoms. The third kappa shape index (κ3) is 3.22. The second kappa shape index (κ2) is 5.86. The van der Waals surface area contributed by atoms with Crippen LogP contribution in [-0.2, 0) is 0 Å². The summed E-state index contributed by atoms with van der Waals surface area (Å²) in [6, 6.07) is 1.70. The van der Waals surface area contributed by atoms with Crippen LogP contribution in [0.1, 0.15) is 25.7 Å². The van der Waals surface area contributed by atoms with Gasteiger partial charge >= 0.3 is 0 Å². The molecule has 1 heterocycles. The van der Waals surface area contributed by atoms with Crippen LogP contribution in [0.25, 0.3) is 0 Å². The van der Waals surface area contributed by atoms with E-state index < -0.39 is 0 Å². The molecular weight excluding hydrogens is 232 g/mol. The van der Waals surface area contributed by atoms with Crippen molar-refractivity contribution in [3.05, 3.63) is 6.07 Å². The Kier molecular flexibility index (Phi) is 4.19. The Morgan fingerprint density at radius 1 is 1.44 bits per heavy atom. The molecule has 1 saturated carbocycles. The van der Waals surface area contributed by atoms with Crippen LogP contribution in [-0.4, -0.2) is 34.8 Å². The van der Waals surface area contributed by atoms with Gasteiger partial charge in [-0.15, -0.1) is 0 Å². The number of methoxy groups -OCH3 is 1. The lowest BCUT2D eigenvalue weighted by Gasteiger charge is -2.27. The van der Waals surface area contributed by atoms with Crippen molar-refractivity contribution in [1.29, 1.82) is 0 Å². The van der Waals surface area contributed by atoms with Gasteiger partial charge in [-0.3, -0.25) is 0 Å². The van der Waals surface area contributed by atoms with Gasteiger partial charge in [-0.05, 0) is 12.8 Å². The minimum absolute atomic E-state index is 0.182. The Morgan fingerprint density at radius 2 is 2.22 bits per heavy atom. The summed E-state index contributed by atoms with van der Waals surface area (Å²) in [5.74, 6) is 1.54. The number of hydrogen-bond acceptors (Lipinski definition) is 6. The van der Waals surface area contributed by atoms with Gasteiger partial charge in [0.1, 0.15) is 5.82 Å². The number of nitrogens with one attached hydrogen (secondary N) is 1. The fraction of sp³-hybridized carbons (Fsp3) is 0.667. The lowest BCUT2D eigenvalue weighted by atomic mass is 9.86. The number of nitrogens with zero attached hydrogens (tertiary/aromatic N) is 2. The highest BCUT2D eigenvalue weighted by atomic mass is 16.5. The predicted octanol–water partition coefficient (Wildman–Crippen LogP) is 1.03. The molecule has 18 heavy (non-hydrogen) atoms. The molecule has 2 rings (SSSR count). The smallest absolute Gasteiger partial charge is 0.225 e. The lowest BCUT2D eigenvalue weighted by Crippen LogP contribution is -2.30. The number of aromatic nitrogens is 2. The molecule has 0 saturated heterocycles. The van der Waals surface area contributed by atoms with E-state index in [0.717, 1.165) is 19.3 Å². The van der Waals surface area contributed by atoms with Crippen LogP contribution in [0.2, 0.25) is 0 Å². The van der Waals surface area contributed by atoms with Crippen molar-refractivity contribution < 1.29 is 9.84 Å². The standard InChI is InChI=1S/C12H20N4O2/c1-18-11-6-10(15-12(13)16-11)14-7-8-4-2-3-5-9(8)17/h6,8-9,17H,2-5,7H2,1H3,(H3,13,14,15,16). The number of ether oxygens (including phenoxy) is 1. The van der Waals surface area contributed by atoms with Gasteiger partial charge in [-0.1, -0.05) is 12.8 Å². The van der Waals surface area contributed by atoms with E-state index in [1.54, 1.807) is 6.07 Å². The molecule has 1 aromatic rings. The summed E-state index contributed by atoms with van der Waals surface area (Å²) < 4.78 is 5.03. The summed E-state index contributed by atoms with van der Waals surface area (Å²) in [5.41, 5.74) is 5.58. The number of nitrogens with two attached hydrogens (primary N) is 1. The summed E-state index contributed by atoms with van der Waals surface area (Å²) >= 11 is 0. The summed E-state index contributed by atoms with van der Waals surface area (Å²) in [4.78, 5) is 8.00. The molecule has 1 aromatic heterocycles. The molecule has 1 fully saturated rings. The quantitative estimate of drug-likeness (QED) is 0.741. The summed E-state index contributed by atoms with van der Waals surface area (Å²) in [6.07, 6.45) is 4.02. The van der Waals surface area contributed by atoms with E-state index in [4.69, 9.17) is 10.5 Å².